The average Bonchev–Trinajstić information content (AvgIpc) is 2.47. The van der Waals surface area contributed by atoms with Gasteiger partial charge in [0.15, 0.2) is 0 Å². The van der Waals surface area contributed by atoms with Gasteiger partial charge in [0, 0.05) is 12.2 Å². The SMILES string of the molecule is Cc1cccc(NC/C=C\COCc2ccccc2)c1. The van der Waals surface area contributed by atoms with Crippen molar-refractivity contribution in [3.8, 4) is 0 Å². The third-order valence-corrected chi connectivity index (χ3v) is 2.93. The number of aryl methyl sites for hydroxylation is 1. The van der Waals surface area contributed by atoms with Crippen molar-refractivity contribution >= 4 is 5.69 Å². The Labute approximate surface area is 121 Å². The van der Waals surface area contributed by atoms with Crippen LogP contribution < -0.4 is 5.32 Å². The first kappa shape index (κ1) is 14.4. The first-order valence-corrected chi connectivity index (χ1v) is 6.92. The molecule has 104 valence electrons. The third-order valence-electron chi connectivity index (χ3n) is 2.93. The van der Waals surface area contributed by atoms with Crippen molar-refractivity contribution in [2.45, 2.75) is 13.5 Å². The summed E-state index contributed by atoms with van der Waals surface area (Å²) >= 11 is 0. The monoisotopic (exact) mass is 267 g/mol. The molecule has 2 aromatic carbocycles. The smallest absolute Gasteiger partial charge is 0.0721 e. The van der Waals surface area contributed by atoms with Crippen LogP contribution in [0.15, 0.2) is 66.7 Å². The molecule has 0 unspecified atom stereocenters. The van der Waals surface area contributed by atoms with Gasteiger partial charge < -0.3 is 10.1 Å². The lowest BCUT2D eigenvalue weighted by Crippen LogP contribution is -1.99. The molecule has 2 rings (SSSR count). The molecule has 0 aliphatic heterocycles. The van der Waals surface area contributed by atoms with Gasteiger partial charge in [-0.1, -0.05) is 54.6 Å². The number of anilines is 1. The van der Waals surface area contributed by atoms with E-state index in [1.54, 1.807) is 0 Å². The minimum Gasteiger partial charge on any atom is -0.382 e. The van der Waals surface area contributed by atoms with Crippen molar-refractivity contribution in [3.05, 3.63) is 77.9 Å². The molecule has 2 heteroatoms. The standard InChI is InChI=1S/C18H21NO/c1-16-8-7-11-18(14-16)19-12-5-6-13-20-15-17-9-3-2-4-10-17/h2-11,14,19H,12-13,15H2,1H3/b6-5-. The highest BCUT2D eigenvalue weighted by Crippen LogP contribution is 2.08. The summed E-state index contributed by atoms with van der Waals surface area (Å²) in [6, 6.07) is 18.6. The van der Waals surface area contributed by atoms with Crippen LogP contribution in [0.4, 0.5) is 5.69 Å². The second kappa shape index (κ2) is 8.18. The van der Waals surface area contributed by atoms with E-state index >= 15 is 0 Å². The van der Waals surface area contributed by atoms with Crippen LogP contribution in [0.2, 0.25) is 0 Å². The summed E-state index contributed by atoms with van der Waals surface area (Å²) in [5.41, 5.74) is 3.63. The fraction of sp³-hybridized carbons (Fsp3) is 0.222. The molecule has 0 aliphatic carbocycles. The van der Waals surface area contributed by atoms with E-state index in [-0.39, 0.29) is 0 Å². The van der Waals surface area contributed by atoms with Gasteiger partial charge in [-0.15, -0.1) is 0 Å². The van der Waals surface area contributed by atoms with E-state index in [0.29, 0.717) is 13.2 Å². The van der Waals surface area contributed by atoms with Gasteiger partial charge in [-0.2, -0.15) is 0 Å². The maximum Gasteiger partial charge on any atom is 0.0721 e. The first-order chi connectivity index (χ1) is 9.84. The molecular formula is C18H21NO. The van der Waals surface area contributed by atoms with Gasteiger partial charge in [-0.25, -0.2) is 0 Å². The summed E-state index contributed by atoms with van der Waals surface area (Å²) in [5.74, 6) is 0. The first-order valence-electron chi connectivity index (χ1n) is 6.92. The van der Waals surface area contributed by atoms with Crippen molar-refractivity contribution in [1.82, 2.24) is 0 Å². The molecule has 0 heterocycles. The summed E-state index contributed by atoms with van der Waals surface area (Å²) in [6.07, 6.45) is 4.14. The summed E-state index contributed by atoms with van der Waals surface area (Å²) in [5, 5.41) is 3.35. The molecule has 1 N–H and O–H groups in total. The maximum absolute atomic E-state index is 5.58. The van der Waals surface area contributed by atoms with Gasteiger partial charge >= 0.3 is 0 Å². The molecule has 2 nitrogen and oxygen atoms in total. The topological polar surface area (TPSA) is 21.3 Å². The lowest BCUT2D eigenvalue weighted by Gasteiger charge is -2.04. The Balaban J connectivity index is 1.60. The second-order valence-electron chi connectivity index (χ2n) is 4.72. The quantitative estimate of drug-likeness (QED) is 0.600. The fourth-order valence-electron chi connectivity index (χ4n) is 1.90. The number of hydrogen-bond donors (Lipinski definition) is 1. The largest absolute Gasteiger partial charge is 0.382 e. The van der Waals surface area contributed by atoms with Crippen LogP contribution in [0.1, 0.15) is 11.1 Å². The summed E-state index contributed by atoms with van der Waals surface area (Å²) in [4.78, 5) is 0. The van der Waals surface area contributed by atoms with Gasteiger partial charge in [0.25, 0.3) is 0 Å². The Morgan fingerprint density at radius 3 is 2.65 bits per heavy atom. The van der Waals surface area contributed by atoms with Gasteiger partial charge in [-0.3, -0.25) is 0 Å². The van der Waals surface area contributed by atoms with E-state index in [1.165, 1.54) is 11.1 Å². The highest BCUT2D eigenvalue weighted by atomic mass is 16.5. The Hall–Kier alpha value is -2.06. The predicted octanol–water partition coefficient (Wildman–Crippen LogP) is 4.18. The number of benzene rings is 2. The molecule has 0 aromatic heterocycles. The van der Waals surface area contributed by atoms with E-state index in [1.807, 2.05) is 24.3 Å². The second-order valence-corrected chi connectivity index (χ2v) is 4.72. The molecule has 2 aromatic rings. The van der Waals surface area contributed by atoms with Crippen LogP contribution in [-0.4, -0.2) is 13.2 Å². The summed E-state index contributed by atoms with van der Waals surface area (Å²) in [7, 11) is 0. The van der Waals surface area contributed by atoms with Crippen molar-refractivity contribution in [2.24, 2.45) is 0 Å². The molecule has 0 atom stereocenters. The van der Waals surface area contributed by atoms with Crippen LogP contribution in [-0.2, 0) is 11.3 Å². The predicted molar refractivity (Wildman–Crippen MR) is 84.9 cm³/mol. The molecule has 0 saturated heterocycles. The zero-order valence-corrected chi connectivity index (χ0v) is 11.9. The average molecular weight is 267 g/mol. The summed E-state index contributed by atoms with van der Waals surface area (Å²) in [6.45, 7) is 4.22. The minimum absolute atomic E-state index is 0.643. The van der Waals surface area contributed by atoms with Crippen LogP contribution in [0.3, 0.4) is 0 Å². The molecule has 0 bridgehead atoms. The van der Waals surface area contributed by atoms with E-state index in [0.717, 1.165) is 12.2 Å². The van der Waals surface area contributed by atoms with Gasteiger partial charge in [0.1, 0.15) is 0 Å². The lowest BCUT2D eigenvalue weighted by atomic mass is 10.2. The molecule has 0 saturated carbocycles. The number of rotatable bonds is 7. The highest BCUT2D eigenvalue weighted by molar-refractivity contribution is 5.45. The minimum atomic E-state index is 0.643. The van der Waals surface area contributed by atoms with Crippen LogP contribution in [0.5, 0.6) is 0 Å². The van der Waals surface area contributed by atoms with Gasteiger partial charge in [0.2, 0.25) is 0 Å². The molecular weight excluding hydrogens is 246 g/mol. The molecule has 0 fully saturated rings. The molecule has 0 aliphatic rings. The molecule has 0 amide bonds. The van der Waals surface area contributed by atoms with Crippen LogP contribution >= 0.6 is 0 Å². The fourth-order valence-corrected chi connectivity index (χ4v) is 1.90. The van der Waals surface area contributed by atoms with E-state index < -0.39 is 0 Å². The molecule has 20 heavy (non-hydrogen) atoms. The van der Waals surface area contributed by atoms with Crippen LogP contribution in [0, 0.1) is 6.92 Å². The van der Waals surface area contributed by atoms with Crippen LogP contribution in [0.25, 0.3) is 0 Å². The van der Waals surface area contributed by atoms with Crippen molar-refractivity contribution < 1.29 is 4.74 Å². The number of ether oxygens (including phenoxy) is 1. The summed E-state index contributed by atoms with van der Waals surface area (Å²) < 4.78 is 5.58. The Morgan fingerprint density at radius 1 is 1.00 bits per heavy atom. The number of nitrogens with one attached hydrogen (secondary N) is 1. The van der Waals surface area contributed by atoms with E-state index in [4.69, 9.17) is 4.74 Å². The van der Waals surface area contributed by atoms with Crippen molar-refractivity contribution in [3.63, 3.8) is 0 Å². The van der Waals surface area contributed by atoms with E-state index in [9.17, 15) is 0 Å². The zero-order valence-electron chi connectivity index (χ0n) is 11.9. The zero-order chi connectivity index (χ0) is 14.0. The van der Waals surface area contributed by atoms with Crippen molar-refractivity contribution in [1.29, 1.82) is 0 Å². The van der Waals surface area contributed by atoms with Crippen molar-refractivity contribution in [2.75, 3.05) is 18.5 Å². The third kappa shape index (κ3) is 5.29. The maximum atomic E-state index is 5.58. The normalized spacial score (nSPS) is 10.8. The van der Waals surface area contributed by atoms with E-state index in [2.05, 4.69) is 54.7 Å². The molecule has 0 spiro atoms. The number of hydrogen-bond acceptors (Lipinski definition) is 2. The Morgan fingerprint density at radius 2 is 1.85 bits per heavy atom. The highest BCUT2D eigenvalue weighted by Gasteiger charge is 1.90. The Kier molecular flexibility index (Phi) is 5.87. The van der Waals surface area contributed by atoms with Gasteiger partial charge in [-0.05, 0) is 30.2 Å². The lowest BCUT2D eigenvalue weighted by molar-refractivity contribution is 0.148. The Bertz CT molecular complexity index is 534. The van der Waals surface area contributed by atoms with Gasteiger partial charge in [0.05, 0.1) is 13.2 Å². The molecule has 0 radical (unpaired) electrons.